The van der Waals surface area contributed by atoms with E-state index in [1.807, 2.05) is 6.92 Å². The first-order valence-electron chi connectivity index (χ1n) is 4.81. The lowest BCUT2D eigenvalue weighted by atomic mass is 9.96. The molecule has 1 aliphatic heterocycles. The third-order valence-electron chi connectivity index (χ3n) is 2.56. The molecule has 4 heteroatoms. The van der Waals surface area contributed by atoms with Gasteiger partial charge in [-0.3, -0.25) is 4.79 Å². The van der Waals surface area contributed by atoms with Crippen molar-refractivity contribution >= 4 is 17.6 Å². The molecule has 1 fully saturated rings. The van der Waals surface area contributed by atoms with Gasteiger partial charge in [0.25, 0.3) is 0 Å². The lowest BCUT2D eigenvalue weighted by Gasteiger charge is -2.20. The molecule has 1 aromatic rings. The number of hydrogen-bond donors (Lipinski definition) is 0. The molecule has 1 aliphatic rings. The summed E-state index contributed by atoms with van der Waals surface area (Å²) >= 11 is 1.49. The van der Waals surface area contributed by atoms with E-state index in [0.717, 1.165) is 38.0 Å². The van der Waals surface area contributed by atoms with Crippen molar-refractivity contribution in [2.75, 3.05) is 13.2 Å². The lowest BCUT2D eigenvalue weighted by Crippen LogP contribution is -2.15. The third kappa shape index (κ3) is 1.86. The van der Waals surface area contributed by atoms with Crippen molar-refractivity contribution < 1.29 is 9.53 Å². The van der Waals surface area contributed by atoms with E-state index in [4.69, 9.17) is 4.74 Å². The van der Waals surface area contributed by atoms with Crippen molar-refractivity contribution in [1.29, 1.82) is 0 Å². The fourth-order valence-electron chi connectivity index (χ4n) is 1.83. The van der Waals surface area contributed by atoms with Gasteiger partial charge in [-0.1, -0.05) is 0 Å². The number of aldehydes is 1. The Balaban J connectivity index is 2.20. The van der Waals surface area contributed by atoms with E-state index in [0.29, 0.717) is 10.9 Å². The molecule has 1 saturated heterocycles. The average Bonchev–Trinajstić information content (AvgIpc) is 2.61. The van der Waals surface area contributed by atoms with Crippen LogP contribution in [0.5, 0.6) is 0 Å². The van der Waals surface area contributed by atoms with Crippen LogP contribution in [0.4, 0.5) is 0 Å². The molecular formula is C10H13NO2S. The predicted octanol–water partition coefficient (Wildman–Crippen LogP) is 2.16. The molecule has 3 nitrogen and oxygen atoms in total. The number of carbonyl (C=O) groups is 1. The van der Waals surface area contributed by atoms with Crippen molar-refractivity contribution in [3.63, 3.8) is 0 Å². The summed E-state index contributed by atoms with van der Waals surface area (Å²) in [5.74, 6) is 0.494. The molecule has 0 spiro atoms. The molecule has 2 rings (SSSR count). The summed E-state index contributed by atoms with van der Waals surface area (Å²) in [5, 5.41) is 0.601. The highest BCUT2D eigenvalue weighted by Gasteiger charge is 2.20. The lowest BCUT2D eigenvalue weighted by molar-refractivity contribution is 0.0845. The van der Waals surface area contributed by atoms with Gasteiger partial charge in [0, 0.05) is 24.0 Å². The molecule has 0 N–H and O–H groups in total. The number of aryl methyl sites for hydroxylation is 1. The van der Waals surface area contributed by atoms with Gasteiger partial charge in [-0.25, -0.2) is 4.98 Å². The summed E-state index contributed by atoms with van der Waals surface area (Å²) in [6.45, 7) is 3.67. The van der Waals surface area contributed by atoms with Crippen molar-refractivity contribution in [1.82, 2.24) is 4.98 Å². The number of hydrogen-bond acceptors (Lipinski definition) is 4. The van der Waals surface area contributed by atoms with Gasteiger partial charge in [0.05, 0.1) is 5.69 Å². The number of ether oxygens (including phenoxy) is 1. The van der Waals surface area contributed by atoms with E-state index < -0.39 is 0 Å². The Bertz CT molecular complexity index is 329. The Labute approximate surface area is 87.1 Å². The van der Waals surface area contributed by atoms with Crippen molar-refractivity contribution in [2.24, 2.45) is 0 Å². The maximum atomic E-state index is 10.6. The van der Waals surface area contributed by atoms with Crippen LogP contribution in [0.25, 0.3) is 0 Å². The van der Waals surface area contributed by atoms with Gasteiger partial charge in [-0.2, -0.15) is 0 Å². The second kappa shape index (κ2) is 4.19. The normalized spacial score (nSPS) is 18.4. The van der Waals surface area contributed by atoms with Gasteiger partial charge in [0.15, 0.2) is 11.3 Å². The first-order chi connectivity index (χ1) is 6.81. The maximum Gasteiger partial charge on any atom is 0.178 e. The summed E-state index contributed by atoms with van der Waals surface area (Å²) in [4.78, 5) is 16.1. The Morgan fingerprint density at radius 1 is 1.50 bits per heavy atom. The molecular weight excluding hydrogens is 198 g/mol. The summed E-state index contributed by atoms with van der Waals surface area (Å²) in [6, 6.07) is 0. The Kier molecular flexibility index (Phi) is 2.93. The zero-order chi connectivity index (χ0) is 9.97. The molecule has 14 heavy (non-hydrogen) atoms. The molecule has 1 aromatic heterocycles. The second-order valence-corrected chi connectivity index (χ2v) is 4.73. The molecule has 2 heterocycles. The topological polar surface area (TPSA) is 39.2 Å². The van der Waals surface area contributed by atoms with Crippen LogP contribution in [0, 0.1) is 6.92 Å². The van der Waals surface area contributed by atoms with Gasteiger partial charge in [-0.05, 0) is 19.8 Å². The fraction of sp³-hybridized carbons (Fsp3) is 0.600. The number of nitrogens with zero attached hydrogens (tertiary/aromatic N) is 1. The minimum absolute atomic E-state index is 0.494. The van der Waals surface area contributed by atoms with Crippen LogP contribution in [-0.4, -0.2) is 24.5 Å². The summed E-state index contributed by atoms with van der Waals surface area (Å²) in [7, 11) is 0. The molecule has 0 aromatic carbocycles. The average molecular weight is 211 g/mol. The SMILES string of the molecule is Cc1sc(C=O)nc1C1CCOCC1. The van der Waals surface area contributed by atoms with Crippen LogP contribution in [-0.2, 0) is 4.74 Å². The van der Waals surface area contributed by atoms with Gasteiger partial charge in [-0.15, -0.1) is 11.3 Å². The van der Waals surface area contributed by atoms with Gasteiger partial charge in [0.1, 0.15) is 0 Å². The number of rotatable bonds is 2. The molecule has 76 valence electrons. The molecule has 0 bridgehead atoms. The van der Waals surface area contributed by atoms with Crippen LogP contribution in [0.15, 0.2) is 0 Å². The van der Waals surface area contributed by atoms with Gasteiger partial charge < -0.3 is 4.74 Å². The fourth-order valence-corrected chi connectivity index (χ4v) is 2.65. The summed E-state index contributed by atoms with van der Waals surface area (Å²) in [6.07, 6.45) is 2.90. The smallest absolute Gasteiger partial charge is 0.178 e. The van der Waals surface area contributed by atoms with E-state index >= 15 is 0 Å². The van der Waals surface area contributed by atoms with E-state index in [-0.39, 0.29) is 0 Å². The number of carbonyl (C=O) groups excluding carboxylic acids is 1. The van der Waals surface area contributed by atoms with Crippen LogP contribution in [0.3, 0.4) is 0 Å². The quantitative estimate of drug-likeness (QED) is 0.704. The zero-order valence-electron chi connectivity index (χ0n) is 8.16. The van der Waals surface area contributed by atoms with Crippen molar-refractivity contribution in [2.45, 2.75) is 25.7 Å². The zero-order valence-corrected chi connectivity index (χ0v) is 8.97. The van der Waals surface area contributed by atoms with E-state index in [1.54, 1.807) is 0 Å². The molecule has 0 saturated carbocycles. The second-order valence-electron chi connectivity index (χ2n) is 3.50. The highest BCUT2D eigenvalue weighted by Crippen LogP contribution is 2.30. The third-order valence-corrected chi connectivity index (χ3v) is 3.47. The summed E-state index contributed by atoms with van der Waals surface area (Å²) in [5.41, 5.74) is 1.11. The van der Waals surface area contributed by atoms with Crippen LogP contribution >= 0.6 is 11.3 Å². The molecule has 0 atom stereocenters. The van der Waals surface area contributed by atoms with Crippen LogP contribution in [0.2, 0.25) is 0 Å². The first-order valence-corrected chi connectivity index (χ1v) is 5.63. The van der Waals surface area contributed by atoms with Gasteiger partial charge >= 0.3 is 0 Å². The first kappa shape index (κ1) is 9.80. The van der Waals surface area contributed by atoms with E-state index in [9.17, 15) is 4.79 Å². The van der Waals surface area contributed by atoms with Crippen LogP contribution < -0.4 is 0 Å². The monoisotopic (exact) mass is 211 g/mol. The Morgan fingerprint density at radius 3 is 2.79 bits per heavy atom. The standard InChI is InChI=1S/C10H13NO2S/c1-7-10(11-9(6-12)14-7)8-2-4-13-5-3-8/h6,8H,2-5H2,1H3. The number of thiazole rings is 1. The minimum Gasteiger partial charge on any atom is -0.381 e. The van der Waals surface area contributed by atoms with Gasteiger partial charge in [0.2, 0.25) is 0 Å². The molecule has 0 unspecified atom stereocenters. The van der Waals surface area contributed by atoms with E-state index in [2.05, 4.69) is 4.98 Å². The highest BCUT2D eigenvalue weighted by molar-refractivity contribution is 7.13. The highest BCUT2D eigenvalue weighted by atomic mass is 32.1. The molecule has 0 aliphatic carbocycles. The Morgan fingerprint density at radius 2 is 2.21 bits per heavy atom. The predicted molar refractivity (Wildman–Crippen MR) is 55.0 cm³/mol. The van der Waals surface area contributed by atoms with Crippen LogP contribution in [0.1, 0.15) is 39.1 Å². The molecule has 0 amide bonds. The van der Waals surface area contributed by atoms with Crippen molar-refractivity contribution in [3.05, 3.63) is 15.6 Å². The largest absolute Gasteiger partial charge is 0.381 e. The van der Waals surface area contributed by atoms with Crippen molar-refractivity contribution in [3.8, 4) is 0 Å². The molecule has 0 radical (unpaired) electrons. The number of aromatic nitrogens is 1. The maximum absolute atomic E-state index is 10.6. The minimum atomic E-state index is 0.494. The Hall–Kier alpha value is -0.740. The summed E-state index contributed by atoms with van der Waals surface area (Å²) < 4.78 is 5.30. The van der Waals surface area contributed by atoms with E-state index in [1.165, 1.54) is 16.2 Å².